The predicted octanol–water partition coefficient (Wildman–Crippen LogP) is 3.45. The molecule has 2 N–H and O–H groups in total. The van der Waals surface area contributed by atoms with E-state index in [4.69, 9.17) is 4.74 Å². The smallest absolute Gasteiger partial charge is 0.315 e. The van der Waals surface area contributed by atoms with E-state index in [1.807, 2.05) is 54.0 Å². The molecule has 6 heteroatoms. The van der Waals surface area contributed by atoms with Crippen LogP contribution in [0.4, 0.5) is 0 Å². The van der Waals surface area contributed by atoms with Crippen LogP contribution < -0.4 is 5.32 Å². The SMILES string of the molecule is CCC(CNC(=O)c1cn(CCOC)c2ccccc12)(C(=O)O)c1ccccc1. The van der Waals surface area contributed by atoms with E-state index in [9.17, 15) is 14.7 Å². The van der Waals surface area contributed by atoms with Gasteiger partial charge in [0.1, 0.15) is 5.41 Å². The molecule has 1 unspecified atom stereocenters. The summed E-state index contributed by atoms with van der Waals surface area (Å²) in [4.78, 5) is 25.2. The van der Waals surface area contributed by atoms with Crippen LogP contribution >= 0.6 is 0 Å². The topological polar surface area (TPSA) is 80.6 Å². The lowest BCUT2D eigenvalue weighted by Crippen LogP contribution is -2.46. The van der Waals surface area contributed by atoms with E-state index in [2.05, 4.69) is 5.32 Å². The molecule has 6 nitrogen and oxygen atoms in total. The molecule has 0 radical (unpaired) electrons. The Hall–Kier alpha value is -3.12. The number of ether oxygens (including phenoxy) is 1. The zero-order chi connectivity index (χ0) is 20.9. The number of nitrogens with zero attached hydrogens (tertiary/aromatic N) is 1. The molecule has 0 saturated carbocycles. The van der Waals surface area contributed by atoms with Crippen LogP contribution in [0, 0.1) is 0 Å². The largest absolute Gasteiger partial charge is 0.481 e. The average Bonchev–Trinajstić information content (AvgIpc) is 3.12. The summed E-state index contributed by atoms with van der Waals surface area (Å²) in [5, 5.41) is 13.7. The van der Waals surface area contributed by atoms with E-state index in [1.54, 1.807) is 25.4 Å². The number of carbonyl (C=O) groups excluding carboxylic acids is 1. The van der Waals surface area contributed by atoms with Crippen molar-refractivity contribution in [2.45, 2.75) is 25.3 Å². The molecule has 0 spiro atoms. The minimum Gasteiger partial charge on any atom is -0.481 e. The maximum atomic E-state index is 13.0. The van der Waals surface area contributed by atoms with Crippen LogP contribution in [0.1, 0.15) is 29.3 Å². The van der Waals surface area contributed by atoms with Crippen LogP contribution in [0.25, 0.3) is 10.9 Å². The summed E-state index contributed by atoms with van der Waals surface area (Å²) in [6.45, 7) is 3.00. The number of amides is 1. The van der Waals surface area contributed by atoms with Crippen molar-refractivity contribution in [3.63, 3.8) is 0 Å². The van der Waals surface area contributed by atoms with Crippen molar-refractivity contribution in [2.75, 3.05) is 20.3 Å². The van der Waals surface area contributed by atoms with Gasteiger partial charge in [-0.2, -0.15) is 0 Å². The molecule has 0 saturated heterocycles. The third-order valence-electron chi connectivity index (χ3n) is 5.46. The van der Waals surface area contributed by atoms with Crippen LogP contribution in [0.5, 0.6) is 0 Å². The highest BCUT2D eigenvalue weighted by Gasteiger charge is 2.39. The number of rotatable bonds is 9. The normalized spacial score (nSPS) is 13.2. The van der Waals surface area contributed by atoms with Crippen LogP contribution in [0.2, 0.25) is 0 Å². The summed E-state index contributed by atoms with van der Waals surface area (Å²) >= 11 is 0. The molecule has 1 aromatic heterocycles. The quantitative estimate of drug-likeness (QED) is 0.583. The standard InChI is InChI=1S/C23H26N2O4/c1-3-23(22(27)28,17-9-5-4-6-10-17)16-24-21(26)19-15-25(13-14-29-2)20-12-8-7-11-18(19)20/h4-12,15H,3,13-14,16H2,1-2H3,(H,24,26)(H,27,28). The molecule has 1 heterocycles. The van der Waals surface area contributed by atoms with Gasteiger partial charge in [0.25, 0.3) is 5.91 Å². The molecule has 0 aliphatic rings. The first-order valence-corrected chi connectivity index (χ1v) is 9.67. The van der Waals surface area contributed by atoms with Crippen molar-refractivity contribution in [3.8, 4) is 0 Å². The van der Waals surface area contributed by atoms with Crippen molar-refractivity contribution in [1.29, 1.82) is 0 Å². The monoisotopic (exact) mass is 394 g/mol. The zero-order valence-corrected chi connectivity index (χ0v) is 16.7. The number of nitrogens with one attached hydrogen (secondary N) is 1. The number of methoxy groups -OCH3 is 1. The Morgan fingerprint density at radius 2 is 1.79 bits per heavy atom. The summed E-state index contributed by atoms with van der Waals surface area (Å²) < 4.78 is 7.14. The Bertz CT molecular complexity index is 997. The van der Waals surface area contributed by atoms with Crippen molar-refractivity contribution in [2.24, 2.45) is 0 Å². The maximum absolute atomic E-state index is 13.0. The summed E-state index contributed by atoms with van der Waals surface area (Å²) in [6.07, 6.45) is 2.16. The van der Waals surface area contributed by atoms with Crippen LogP contribution in [-0.4, -0.2) is 41.8 Å². The Balaban J connectivity index is 1.89. The van der Waals surface area contributed by atoms with Crippen molar-refractivity contribution < 1.29 is 19.4 Å². The van der Waals surface area contributed by atoms with Gasteiger partial charge in [0, 0.05) is 37.3 Å². The molecule has 1 amide bonds. The zero-order valence-electron chi connectivity index (χ0n) is 16.7. The molecule has 0 aliphatic heterocycles. The molecule has 2 aromatic carbocycles. The van der Waals surface area contributed by atoms with Crippen LogP contribution in [-0.2, 0) is 21.5 Å². The number of carbonyl (C=O) groups is 2. The van der Waals surface area contributed by atoms with E-state index in [0.29, 0.717) is 30.7 Å². The van der Waals surface area contributed by atoms with Gasteiger partial charge in [0.2, 0.25) is 0 Å². The fourth-order valence-electron chi connectivity index (χ4n) is 3.67. The fourth-order valence-corrected chi connectivity index (χ4v) is 3.67. The maximum Gasteiger partial charge on any atom is 0.315 e. The van der Waals surface area contributed by atoms with Gasteiger partial charge in [-0.25, -0.2) is 0 Å². The highest BCUT2D eigenvalue weighted by Crippen LogP contribution is 2.28. The highest BCUT2D eigenvalue weighted by molar-refractivity contribution is 6.07. The number of benzene rings is 2. The molecule has 152 valence electrons. The minimum absolute atomic E-state index is 0.0132. The lowest BCUT2D eigenvalue weighted by molar-refractivity contribution is -0.143. The van der Waals surface area contributed by atoms with Gasteiger partial charge < -0.3 is 19.7 Å². The number of hydrogen-bond acceptors (Lipinski definition) is 3. The van der Waals surface area contributed by atoms with Gasteiger partial charge in [0.05, 0.1) is 12.2 Å². The van der Waals surface area contributed by atoms with E-state index >= 15 is 0 Å². The first kappa shape index (κ1) is 20.6. The van der Waals surface area contributed by atoms with Crippen LogP contribution in [0.3, 0.4) is 0 Å². The Kier molecular flexibility index (Phi) is 6.34. The third kappa shape index (κ3) is 4.03. The minimum atomic E-state index is -1.18. The van der Waals surface area contributed by atoms with E-state index in [-0.39, 0.29) is 12.5 Å². The van der Waals surface area contributed by atoms with Crippen molar-refractivity contribution >= 4 is 22.8 Å². The molecule has 0 aliphatic carbocycles. The second-order valence-electron chi connectivity index (χ2n) is 7.04. The van der Waals surface area contributed by atoms with E-state index < -0.39 is 11.4 Å². The average molecular weight is 394 g/mol. The highest BCUT2D eigenvalue weighted by atomic mass is 16.5. The number of carboxylic acids is 1. The molecule has 29 heavy (non-hydrogen) atoms. The second-order valence-corrected chi connectivity index (χ2v) is 7.04. The summed E-state index contributed by atoms with van der Waals surface area (Å²) in [6, 6.07) is 16.7. The first-order chi connectivity index (χ1) is 14.0. The van der Waals surface area contributed by atoms with Gasteiger partial charge in [0.15, 0.2) is 0 Å². The van der Waals surface area contributed by atoms with Gasteiger partial charge in [-0.3, -0.25) is 9.59 Å². The van der Waals surface area contributed by atoms with Gasteiger partial charge >= 0.3 is 5.97 Å². The number of para-hydroxylation sites is 1. The van der Waals surface area contributed by atoms with Crippen molar-refractivity contribution in [3.05, 3.63) is 71.9 Å². The summed E-state index contributed by atoms with van der Waals surface area (Å²) in [5.41, 5.74) is 0.974. The Morgan fingerprint density at radius 3 is 2.45 bits per heavy atom. The predicted molar refractivity (Wildman–Crippen MR) is 112 cm³/mol. The summed E-state index contributed by atoms with van der Waals surface area (Å²) in [7, 11) is 1.64. The number of aliphatic carboxylic acids is 1. The number of carboxylic acid groups (broad SMARTS) is 1. The second kappa shape index (κ2) is 8.92. The van der Waals surface area contributed by atoms with Gasteiger partial charge in [-0.15, -0.1) is 0 Å². The molecule has 3 aromatic rings. The first-order valence-electron chi connectivity index (χ1n) is 9.67. The molecule has 0 bridgehead atoms. The van der Waals surface area contributed by atoms with Crippen LogP contribution in [0.15, 0.2) is 60.8 Å². The number of aromatic nitrogens is 1. The molecule has 3 rings (SSSR count). The number of fused-ring (bicyclic) bond motifs is 1. The molecule has 0 fully saturated rings. The molecular weight excluding hydrogens is 368 g/mol. The molecule has 1 atom stereocenters. The fraction of sp³-hybridized carbons (Fsp3) is 0.304. The molecular formula is C23H26N2O4. The van der Waals surface area contributed by atoms with Gasteiger partial charge in [-0.1, -0.05) is 55.5 Å². The lowest BCUT2D eigenvalue weighted by atomic mass is 9.78. The van der Waals surface area contributed by atoms with Gasteiger partial charge in [-0.05, 0) is 18.1 Å². The van der Waals surface area contributed by atoms with E-state index in [0.717, 1.165) is 10.9 Å². The summed E-state index contributed by atoms with van der Waals surface area (Å²) in [5.74, 6) is -1.23. The lowest BCUT2D eigenvalue weighted by Gasteiger charge is -2.29. The van der Waals surface area contributed by atoms with E-state index in [1.165, 1.54) is 0 Å². The Morgan fingerprint density at radius 1 is 1.10 bits per heavy atom. The Labute approximate surface area is 170 Å². The van der Waals surface area contributed by atoms with Crippen molar-refractivity contribution in [1.82, 2.24) is 9.88 Å². The number of hydrogen-bond donors (Lipinski definition) is 2. The third-order valence-corrected chi connectivity index (χ3v) is 5.46.